The highest BCUT2D eigenvalue weighted by atomic mass is 35.5. The quantitative estimate of drug-likeness (QED) is 0.771. The number of aromatic amines is 1. The van der Waals surface area contributed by atoms with Crippen LogP contribution < -0.4 is 10.9 Å². The first-order chi connectivity index (χ1) is 10.1. The van der Waals surface area contributed by atoms with Gasteiger partial charge in [-0.1, -0.05) is 35.3 Å². The highest BCUT2D eigenvalue weighted by Gasteiger charge is 2.04. The van der Waals surface area contributed by atoms with E-state index in [9.17, 15) is 4.79 Å². The normalized spacial score (nSPS) is 10.8. The highest BCUT2D eigenvalue weighted by molar-refractivity contribution is 6.35. The van der Waals surface area contributed by atoms with Crippen LogP contribution in [-0.2, 0) is 6.54 Å². The Bertz CT molecular complexity index is 841. The van der Waals surface area contributed by atoms with E-state index in [-0.39, 0.29) is 5.56 Å². The Balaban J connectivity index is 1.86. The van der Waals surface area contributed by atoms with Gasteiger partial charge in [-0.3, -0.25) is 4.79 Å². The first-order valence-electron chi connectivity index (χ1n) is 6.30. The third-order valence-electron chi connectivity index (χ3n) is 2.98. The number of H-pyrrole nitrogens is 1. The van der Waals surface area contributed by atoms with E-state index in [1.54, 1.807) is 24.3 Å². The zero-order valence-electron chi connectivity index (χ0n) is 10.9. The number of aromatic nitrogens is 2. The highest BCUT2D eigenvalue weighted by Crippen LogP contribution is 2.22. The van der Waals surface area contributed by atoms with Gasteiger partial charge in [0.05, 0.1) is 17.4 Å². The zero-order chi connectivity index (χ0) is 14.8. The van der Waals surface area contributed by atoms with Crippen molar-refractivity contribution in [3.8, 4) is 0 Å². The largest absolute Gasteiger partial charge is 0.378 e. The van der Waals surface area contributed by atoms with Crippen LogP contribution in [0, 0.1) is 0 Å². The maximum absolute atomic E-state index is 12.0. The van der Waals surface area contributed by atoms with Crippen LogP contribution in [0.25, 0.3) is 10.9 Å². The van der Waals surface area contributed by atoms with Gasteiger partial charge in [-0.05, 0) is 30.3 Å². The minimum absolute atomic E-state index is 0.151. The number of halogens is 2. The number of benzene rings is 2. The van der Waals surface area contributed by atoms with Crippen molar-refractivity contribution in [2.75, 3.05) is 5.32 Å². The molecule has 0 aliphatic carbocycles. The Morgan fingerprint density at radius 2 is 1.81 bits per heavy atom. The molecule has 2 aromatic carbocycles. The molecule has 0 unspecified atom stereocenters. The minimum atomic E-state index is -0.151. The summed E-state index contributed by atoms with van der Waals surface area (Å²) in [6, 6.07) is 12.4. The van der Waals surface area contributed by atoms with Gasteiger partial charge in [-0.2, -0.15) is 0 Å². The van der Waals surface area contributed by atoms with Crippen molar-refractivity contribution in [3.63, 3.8) is 0 Å². The molecular weight excluding hydrogens is 309 g/mol. The second-order valence-electron chi connectivity index (χ2n) is 4.54. The molecule has 2 N–H and O–H groups in total. The fraction of sp³-hybridized carbons (Fsp3) is 0.0667. The molecule has 0 radical (unpaired) electrons. The minimum Gasteiger partial charge on any atom is -0.378 e. The summed E-state index contributed by atoms with van der Waals surface area (Å²) in [5.41, 5.74) is 1.28. The van der Waals surface area contributed by atoms with Gasteiger partial charge in [0, 0.05) is 15.7 Å². The van der Waals surface area contributed by atoms with Crippen LogP contribution in [0.1, 0.15) is 5.82 Å². The number of nitrogens with one attached hydrogen (secondary N) is 2. The number of para-hydroxylation sites is 1. The summed E-state index contributed by atoms with van der Waals surface area (Å²) in [5, 5.41) is 4.80. The SMILES string of the molecule is O=c1[nH]c(CNc2cc(Cl)cc(Cl)c2)nc2ccccc12. The van der Waals surface area contributed by atoms with Gasteiger partial charge >= 0.3 is 0 Å². The van der Waals surface area contributed by atoms with Crippen molar-refractivity contribution in [3.05, 3.63) is 68.7 Å². The molecule has 0 aliphatic rings. The van der Waals surface area contributed by atoms with Crippen molar-refractivity contribution in [2.24, 2.45) is 0 Å². The fourth-order valence-electron chi connectivity index (χ4n) is 2.06. The van der Waals surface area contributed by atoms with E-state index < -0.39 is 0 Å². The standard InChI is InChI=1S/C15H11Cl2N3O/c16-9-5-10(17)7-11(6-9)18-8-14-19-13-4-2-1-3-12(13)15(21)20-14/h1-7,18H,8H2,(H,19,20,21). The summed E-state index contributed by atoms with van der Waals surface area (Å²) in [4.78, 5) is 19.1. The van der Waals surface area contributed by atoms with E-state index in [0.717, 1.165) is 5.69 Å². The van der Waals surface area contributed by atoms with E-state index in [1.807, 2.05) is 18.2 Å². The lowest BCUT2D eigenvalue weighted by Crippen LogP contribution is -2.14. The summed E-state index contributed by atoms with van der Waals surface area (Å²) < 4.78 is 0. The lowest BCUT2D eigenvalue weighted by atomic mass is 10.2. The van der Waals surface area contributed by atoms with Gasteiger partial charge in [0.25, 0.3) is 5.56 Å². The summed E-state index contributed by atoms with van der Waals surface area (Å²) in [5.74, 6) is 0.551. The van der Waals surface area contributed by atoms with Crippen molar-refractivity contribution in [1.82, 2.24) is 9.97 Å². The van der Waals surface area contributed by atoms with Gasteiger partial charge < -0.3 is 10.3 Å². The predicted octanol–water partition coefficient (Wildman–Crippen LogP) is 3.84. The van der Waals surface area contributed by atoms with E-state index in [0.29, 0.717) is 33.3 Å². The molecule has 0 atom stereocenters. The van der Waals surface area contributed by atoms with Crippen LogP contribution in [0.4, 0.5) is 5.69 Å². The third kappa shape index (κ3) is 3.17. The molecule has 0 aliphatic heterocycles. The van der Waals surface area contributed by atoms with Crippen LogP contribution in [-0.4, -0.2) is 9.97 Å². The summed E-state index contributed by atoms with van der Waals surface area (Å²) in [6.07, 6.45) is 0. The maximum Gasteiger partial charge on any atom is 0.258 e. The molecule has 0 amide bonds. The van der Waals surface area contributed by atoms with E-state index >= 15 is 0 Å². The van der Waals surface area contributed by atoms with Crippen LogP contribution in [0.15, 0.2) is 47.3 Å². The number of anilines is 1. The van der Waals surface area contributed by atoms with E-state index in [1.165, 1.54) is 0 Å². The molecule has 0 saturated carbocycles. The average Bonchev–Trinajstić information content (AvgIpc) is 2.44. The number of rotatable bonds is 3. The number of hydrogen-bond donors (Lipinski definition) is 2. The van der Waals surface area contributed by atoms with Gasteiger partial charge in [0.1, 0.15) is 5.82 Å². The lowest BCUT2D eigenvalue weighted by Gasteiger charge is -2.07. The van der Waals surface area contributed by atoms with Gasteiger partial charge in [0.15, 0.2) is 0 Å². The second kappa shape index (κ2) is 5.76. The Hall–Kier alpha value is -2.04. The molecule has 3 rings (SSSR count). The molecular formula is C15H11Cl2N3O. The molecule has 3 aromatic rings. The molecule has 0 spiro atoms. The van der Waals surface area contributed by atoms with Gasteiger partial charge in [-0.15, -0.1) is 0 Å². The molecule has 1 aromatic heterocycles. The molecule has 1 heterocycles. The van der Waals surface area contributed by atoms with Crippen LogP contribution in [0.5, 0.6) is 0 Å². The monoisotopic (exact) mass is 319 g/mol. The number of nitrogens with zero attached hydrogens (tertiary/aromatic N) is 1. The first-order valence-corrected chi connectivity index (χ1v) is 7.05. The van der Waals surface area contributed by atoms with Gasteiger partial charge in [-0.25, -0.2) is 4.98 Å². The fourth-order valence-corrected chi connectivity index (χ4v) is 2.59. The van der Waals surface area contributed by atoms with E-state index in [4.69, 9.17) is 23.2 Å². The van der Waals surface area contributed by atoms with Crippen LogP contribution >= 0.6 is 23.2 Å². The summed E-state index contributed by atoms with van der Waals surface area (Å²) >= 11 is 11.9. The van der Waals surface area contributed by atoms with Crippen molar-refractivity contribution >= 4 is 39.8 Å². The second-order valence-corrected chi connectivity index (χ2v) is 5.41. The van der Waals surface area contributed by atoms with Crippen molar-refractivity contribution in [1.29, 1.82) is 0 Å². The first kappa shape index (κ1) is 13.9. The Morgan fingerprint density at radius 3 is 2.57 bits per heavy atom. The molecule has 0 saturated heterocycles. The Kier molecular flexibility index (Phi) is 3.82. The van der Waals surface area contributed by atoms with E-state index in [2.05, 4.69) is 15.3 Å². The van der Waals surface area contributed by atoms with Crippen molar-refractivity contribution in [2.45, 2.75) is 6.54 Å². The zero-order valence-corrected chi connectivity index (χ0v) is 12.4. The number of hydrogen-bond acceptors (Lipinski definition) is 3. The molecule has 6 heteroatoms. The Labute approximate surface area is 130 Å². The molecule has 0 fully saturated rings. The predicted molar refractivity (Wildman–Crippen MR) is 86.2 cm³/mol. The molecule has 106 valence electrons. The number of fused-ring (bicyclic) bond motifs is 1. The smallest absolute Gasteiger partial charge is 0.258 e. The van der Waals surface area contributed by atoms with Crippen LogP contribution in [0.2, 0.25) is 10.0 Å². The third-order valence-corrected chi connectivity index (χ3v) is 3.42. The average molecular weight is 320 g/mol. The maximum atomic E-state index is 12.0. The van der Waals surface area contributed by atoms with Crippen LogP contribution in [0.3, 0.4) is 0 Å². The topological polar surface area (TPSA) is 57.8 Å². The molecule has 21 heavy (non-hydrogen) atoms. The van der Waals surface area contributed by atoms with Crippen molar-refractivity contribution < 1.29 is 0 Å². The summed E-state index contributed by atoms with van der Waals surface area (Å²) in [7, 11) is 0. The lowest BCUT2D eigenvalue weighted by molar-refractivity contribution is 0.953. The molecule has 4 nitrogen and oxygen atoms in total. The Morgan fingerprint density at radius 1 is 1.10 bits per heavy atom. The molecule has 0 bridgehead atoms. The van der Waals surface area contributed by atoms with Gasteiger partial charge in [0.2, 0.25) is 0 Å². The summed E-state index contributed by atoms with van der Waals surface area (Å²) in [6.45, 7) is 0.372.